The fourth-order valence-electron chi connectivity index (χ4n) is 2.13. The summed E-state index contributed by atoms with van der Waals surface area (Å²) in [6.45, 7) is 0.244. The third-order valence-corrected chi connectivity index (χ3v) is 4.05. The van der Waals surface area contributed by atoms with Crippen molar-refractivity contribution in [3.63, 3.8) is 0 Å². The average molecular weight is 353 g/mol. The number of nitrogens with two attached hydrogens (primary N) is 1. The molecule has 2 amide bonds. The lowest BCUT2D eigenvalue weighted by atomic mass is 10.1. The number of hydrogen-bond donors (Lipinski definition) is 3. The Labute approximate surface area is 147 Å². The second-order valence-corrected chi connectivity index (χ2v) is 6.21. The quantitative estimate of drug-likeness (QED) is 0.652. The van der Waals surface area contributed by atoms with Gasteiger partial charge in [-0.1, -0.05) is 35.6 Å². The predicted molar refractivity (Wildman–Crippen MR) is 96.3 cm³/mol. The summed E-state index contributed by atoms with van der Waals surface area (Å²) in [5.41, 5.74) is 7.03. The number of anilines is 2. The van der Waals surface area contributed by atoms with Crippen LogP contribution in [0.15, 0.2) is 54.6 Å². The highest BCUT2D eigenvalue weighted by Crippen LogP contribution is 2.14. The van der Waals surface area contributed by atoms with E-state index in [9.17, 15) is 9.59 Å². The van der Waals surface area contributed by atoms with Crippen molar-refractivity contribution in [3.8, 4) is 0 Å². The molecule has 0 aliphatic heterocycles. The monoisotopic (exact) mass is 353 g/mol. The van der Waals surface area contributed by atoms with Crippen LogP contribution in [0.2, 0.25) is 0 Å². The number of carbonyl (C=O) groups excluding carboxylic acids is 2. The van der Waals surface area contributed by atoms with E-state index in [1.807, 2.05) is 6.07 Å². The Balaban J connectivity index is 1.64. The molecule has 0 atom stereocenters. The molecule has 0 aliphatic rings. The van der Waals surface area contributed by atoms with Crippen molar-refractivity contribution in [2.75, 3.05) is 11.1 Å². The van der Waals surface area contributed by atoms with Gasteiger partial charge in [-0.25, -0.2) is 0 Å². The zero-order valence-corrected chi connectivity index (χ0v) is 13.9. The molecule has 0 unspecified atom stereocenters. The van der Waals surface area contributed by atoms with Crippen molar-refractivity contribution in [2.24, 2.45) is 0 Å². The van der Waals surface area contributed by atoms with Gasteiger partial charge in [-0.05, 0) is 30.3 Å². The average Bonchev–Trinajstić information content (AvgIpc) is 3.06. The van der Waals surface area contributed by atoms with Crippen LogP contribution in [0.4, 0.5) is 10.8 Å². The van der Waals surface area contributed by atoms with Crippen LogP contribution in [0.3, 0.4) is 0 Å². The lowest BCUT2D eigenvalue weighted by Gasteiger charge is -2.08. The molecule has 1 heterocycles. The SMILES string of the molecule is Nc1nnc(CNC(=O)c2cccc(NC(=O)c3ccccc3)c2)s1. The summed E-state index contributed by atoms with van der Waals surface area (Å²) < 4.78 is 0. The molecule has 0 bridgehead atoms. The summed E-state index contributed by atoms with van der Waals surface area (Å²) in [7, 11) is 0. The van der Waals surface area contributed by atoms with Crippen LogP contribution >= 0.6 is 11.3 Å². The second-order valence-electron chi connectivity index (χ2n) is 5.12. The molecule has 126 valence electrons. The molecule has 2 aromatic carbocycles. The van der Waals surface area contributed by atoms with Gasteiger partial charge < -0.3 is 16.4 Å². The Morgan fingerprint density at radius 3 is 2.44 bits per heavy atom. The molecule has 3 rings (SSSR count). The molecule has 0 spiro atoms. The molecule has 0 radical (unpaired) electrons. The number of nitrogens with zero attached hydrogens (tertiary/aromatic N) is 2. The number of nitrogens with one attached hydrogen (secondary N) is 2. The van der Waals surface area contributed by atoms with Crippen LogP contribution in [0.25, 0.3) is 0 Å². The summed E-state index contributed by atoms with van der Waals surface area (Å²) in [5.74, 6) is -0.507. The summed E-state index contributed by atoms with van der Waals surface area (Å²) in [5, 5.41) is 14.0. The van der Waals surface area contributed by atoms with E-state index in [4.69, 9.17) is 5.73 Å². The van der Waals surface area contributed by atoms with Gasteiger partial charge in [0.25, 0.3) is 11.8 Å². The molecule has 4 N–H and O–H groups in total. The number of nitrogen functional groups attached to an aromatic ring is 1. The minimum absolute atomic E-state index is 0.234. The van der Waals surface area contributed by atoms with Gasteiger partial charge in [0.1, 0.15) is 5.01 Å². The maximum absolute atomic E-state index is 12.2. The first kappa shape index (κ1) is 16.6. The normalized spacial score (nSPS) is 10.2. The van der Waals surface area contributed by atoms with Crippen LogP contribution in [0.1, 0.15) is 25.7 Å². The van der Waals surface area contributed by atoms with Crippen molar-refractivity contribution in [1.82, 2.24) is 15.5 Å². The van der Waals surface area contributed by atoms with Gasteiger partial charge in [0.05, 0.1) is 6.54 Å². The van der Waals surface area contributed by atoms with Crippen LogP contribution in [-0.2, 0) is 6.54 Å². The molecular weight excluding hydrogens is 338 g/mol. The molecule has 7 nitrogen and oxygen atoms in total. The van der Waals surface area contributed by atoms with Crippen LogP contribution in [0, 0.1) is 0 Å². The molecule has 8 heteroatoms. The Morgan fingerprint density at radius 1 is 0.960 bits per heavy atom. The van der Waals surface area contributed by atoms with Crippen molar-refractivity contribution in [3.05, 3.63) is 70.7 Å². The van der Waals surface area contributed by atoms with Gasteiger partial charge >= 0.3 is 0 Å². The van der Waals surface area contributed by atoms with Crippen molar-refractivity contribution in [1.29, 1.82) is 0 Å². The zero-order valence-electron chi connectivity index (χ0n) is 13.1. The number of rotatable bonds is 5. The highest BCUT2D eigenvalue weighted by atomic mass is 32.1. The number of amides is 2. The first-order chi connectivity index (χ1) is 12.1. The van der Waals surface area contributed by atoms with Crippen molar-refractivity contribution < 1.29 is 9.59 Å². The highest BCUT2D eigenvalue weighted by Gasteiger charge is 2.10. The molecule has 25 heavy (non-hydrogen) atoms. The maximum Gasteiger partial charge on any atom is 0.255 e. The fraction of sp³-hybridized carbons (Fsp3) is 0.0588. The largest absolute Gasteiger partial charge is 0.374 e. The van der Waals surface area contributed by atoms with Gasteiger partial charge in [-0.2, -0.15) is 0 Å². The maximum atomic E-state index is 12.2. The Bertz CT molecular complexity index is 895. The van der Waals surface area contributed by atoms with Crippen molar-refractivity contribution >= 4 is 34.0 Å². The number of aromatic nitrogens is 2. The summed E-state index contributed by atoms with van der Waals surface area (Å²) in [6.07, 6.45) is 0. The van der Waals surface area contributed by atoms with E-state index in [0.29, 0.717) is 27.0 Å². The molecular formula is C17H15N5O2S. The molecule has 3 aromatic rings. The number of benzene rings is 2. The predicted octanol–water partition coefficient (Wildman–Crippen LogP) is 2.30. The minimum atomic E-state index is -0.274. The highest BCUT2D eigenvalue weighted by molar-refractivity contribution is 7.15. The van der Waals surface area contributed by atoms with E-state index < -0.39 is 0 Å². The molecule has 0 aliphatic carbocycles. The van der Waals surface area contributed by atoms with E-state index in [-0.39, 0.29) is 18.4 Å². The van der Waals surface area contributed by atoms with Crippen LogP contribution < -0.4 is 16.4 Å². The van der Waals surface area contributed by atoms with E-state index in [2.05, 4.69) is 20.8 Å². The van der Waals surface area contributed by atoms with Crippen molar-refractivity contribution in [2.45, 2.75) is 6.54 Å². The molecule has 0 saturated carbocycles. The van der Waals surface area contributed by atoms with Gasteiger partial charge in [0.2, 0.25) is 5.13 Å². The van der Waals surface area contributed by atoms with Gasteiger partial charge in [0.15, 0.2) is 0 Å². The zero-order chi connectivity index (χ0) is 17.6. The van der Waals surface area contributed by atoms with E-state index in [1.165, 1.54) is 11.3 Å². The van der Waals surface area contributed by atoms with Crippen LogP contribution in [-0.4, -0.2) is 22.0 Å². The van der Waals surface area contributed by atoms with E-state index >= 15 is 0 Å². The summed E-state index contributed by atoms with van der Waals surface area (Å²) >= 11 is 1.22. The lowest BCUT2D eigenvalue weighted by Crippen LogP contribution is -2.23. The lowest BCUT2D eigenvalue weighted by molar-refractivity contribution is 0.0949. The summed E-state index contributed by atoms with van der Waals surface area (Å²) in [6, 6.07) is 15.6. The molecule has 1 aromatic heterocycles. The number of carbonyl (C=O) groups is 2. The van der Waals surface area contributed by atoms with Gasteiger partial charge in [-0.15, -0.1) is 10.2 Å². The van der Waals surface area contributed by atoms with Gasteiger partial charge in [0, 0.05) is 16.8 Å². The van der Waals surface area contributed by atoms with Gasteiger partial charge in [-0.3, -0.25) is 9.59 Å². The standard InChI is InChI=1S/C17H15N5O2S/c18-17-22-21-14(25-17)10-19-15(23)12-7-4-8-13(9-12)20-16(24)11-5-2-1-3-6-11/h1-9H,10H2,(H2,18,22)(H,19,23)(H,20,24). The first-order valence-corrected chi connectivity index (χ1v) is 8.26. The fourth-order valence-corrected chi connectivity index (χ4v) is 2.68. The Kier molecular flexibility index (Phi) is 5.00. The third-order valence-electron chi connectivity index (χ3n) is 3.30. The van der Waals surface area contributed by atoms with E-state index in [1.54, 1.807) is 48.5 Å². The Hall–Kier alpha value is -3.26. The smallest absolute Gasteiger partial charge is 0.255 e. The van der Waals surface area contributed by atoms with Crippen LogP contribution in [0.5, 0.6) is 0 Å². The number of hydrogen-bond acceptors (Lipinski definition) is 6. The first-order valence-electron chi connectivity index (χ1n) is 7.44. The summed E-state index contributed by atoms with van der Waals surface area (Å²) in [4.78, 5) is 24.4. The topological polar surface area (TPSA) is 110 Å². The second kappa shape index (κ2) is 7.54. The molecule has 0 fully saturated rings. The molecule has 0 saturated heterocycles. The third kappa shape index (κ3) is 4.39. The van der Waals surface area contributed by atoms with E-state index in [0.717, 1.165) is 0 Å². The minimum Gasteiger partial charge on any atom is -0.374 e. The Morgan fingerprint density at radius 2 is 1.72 bits per heavy atom.